The monoisotopic (exact) mass is 555 g/mol. The fourth-order valence-electron chi connectivity index (χ4n) is 4.11. The number of anilines is 3. The molecule has 33 heavy (non-hydrogen) atoms. The third-order valence-corrected chi connectivity index (χ3v) is 10.1. The Morgan fingerprint density at radius 1 is 0.818 bits per heavy atom. The Morgan fingerprint density at radius 2 is 1.52 bits per heavy atom. The molecule has 0 radical (unpaired) electrons. The van der Waals surface area contributed by atoms with Crippen LogP contribution >= 0.6 is 0 Å². The summed E-state index contributed by atoms with van der Waals surface area (Å²) in [4.78, 5) is 6.96. The first-order chi connectivity index (χ1) is 16.3. The average Bonchev–Trinajstić information content (AvgIpc) is 3.33. The molecule has 5 aromatic rings. The molecule has 1 aliphatic heterocycles. The summed E-state index contributed by atoms with van der Waals surface area (Å²) in [6, 6.07) is 34.3. The summed E-state index contributed by atoms with van der Waals surface area (Å²) >= 11 is 0.386. The van der Waals surface area contributed by atoms with Gasteiger partial charge in [0.05, 0.1) is 0 Å². The molecule has 0 N–H and O–H groups in total. The third-order valence-electron chi connectivity index (χ3n) is 5.60. The van der Waals surface area contributed by atoms with Gasteiger partial charge in [-0.05, 0) is 0 Å². The number of benzene rings is 3. The molecule has 0 saturated heterocycles. The van der Waals surface area contributed by atoms with E-state index in [0.717, 1.165) is 16.5 Å². The van der Waals surface area contributed by atoms with E-state index in [-0.39, 0.29) is 14.5 Å². The number of rotatable bonds is 3. The minimum absolute atomic E-state index is 0.0806. The number of nitrogens with zero attached hydrogens (tertiary/aromatic N) is 3. The molecule has 2 aromatic heterocycles. The summed E-state index contributed by atoms with van der Waals surface area (Å²) in [5.74, 6) is 0. The molecule has 0 fully saturated rings. The van der Waals surface area contributed by atoms with Crippen LogP contribution in [-0.2, 0) is 0 Å². The molecule has 0 spiro atoms. The van der Waals surface area contributed by atoms with Gasteiger partial charge in [-0.3, -0.25) is 0 Å². The molecule has 1 aliphatic rings. The van der Waals surface area contributed by atoms with Crippen molar-refractivity contribution in [1.82, 2.24) is 4.98 Å². The summed E-state index contributed by atoms with van der Waals surface area (Å²) in [6.07, 6.45) is 3.80. The molecular weight excluding hydrogens is 536 g/mol. The topological polar surface area (TPSA) is 39.9 Å². The first-order valence-corrected chi connectivity index (χ1v) is 14.0. The van der Waals surface area contributed by atoms with Crippen LogP contribution in [0.3, 0.4) is 0 Å². The van der Waals surface area contributed by atoms with Gasteiger partial charge in [-0.1, -0.05) is 0 Å². The Balaban J connectivity index is 1.44. The minimum atomic E-state index is 0.0806. The number of hydrogen-bond acceptors (Lipinski definition) is 3. The number of pyridine rings is 1. The first kappa shape index (κ1) is 20.2. The Labute approximate surface area is 204 Å². The van der Waals surface area contributed by atoms with Gasteiger partial charge in [-0.25, -0.2) is 0 Å². The van der Waals surface area contributed by atoms with Gasteiger partial charge in [0.25, 0.3) is 0 Å². The first-order valence-electron chi connectivity index (χ1n) is 10.5. The number of fused-ring (bicyclic) bond motifs is 3. The van der Waals surface area contributed by atoms with E-state index < -0.39 is 0 Å². The standard InChI is InChI=1S/C28H17N3Se2/c29-18-20(28-22-8-2-1-7-19(22)15-16-30-28)17-21-13-14-27(32-21)31-23-9-3-5-11-25(23)33-26-12-6-4-10-24(26)31/h1-17H/b20-17+. The van der Waals surface area contributed by atoms with Crippen LogP contribution in [0.1, 0.15) is 10.1 Å². The second kappa shape index (κ2) is 8.52. The maximum absolute atomic E-state index is 9.97. The zero-order valence-electron chi connectivity index (χ0n) is 17.5. The van der Waals surface area contributed by atoms with E-state index in [1.807, 2.05) is 30.3 Å². The Morgan fingerprint density at radius 3 is 2.27 bits per heavy atom. The van der Waals surface area contributed by atoms with Crippen LogP contribution in [0.5, 0.6) is 0 Å². The van der Waals surface area contributed by atoms with Gasteiger partial charge in [0.15, 0.2) is 0 Å². The number of aromatic nitrogens is 1. The molecule has 6 rings (SSSR count). The van der Waals surface area contributed by atoms with Gasteiger partial charge >= 0.3 is 205 Å². The normalized spacial score (nSPS) is 12.8. The Hall–Kier alpha value is -3.38. The zero-order valence-corrected chi connectivity index (χ0v) is 20.9. The van der Waals surface area contributed by atoms with Crippen LogP contribution in [0.15, 0.2) is 97.2 Å². The van der Waals surface area contributed by atoms with E-state index in [1.54, 1.807) is 6.20 Å². The van der Waals surface area contributed by atoms with Crippen molar-refractivity contribution in [3.05, 3.63) is 107 Å². The van der Waals surface area contributed by atoms with Crippen LogP contribution in [0.2, 0.25) is 0 Å². The average molecular weight is 553 g/mol. The molecule has 0 atom stereocenters. The van der Waals surface area contributed by atoms with Crippen LogP contribution < -0.4 is 13.8 Å². The molecule has 5 heteroatoms. The van der Waals surface area contributed by atoms with Gasteiger partial charge in [0.2, 0.25) is 0 Å². The van der Waals surface area contributed by atoms with E-state index in [1.165, 1.54) is 29.3 Å². The molecule has 0 bridgehead atoms. The Bertz CT molecular complexity index is 1520. The van der Waals surface area contributed by atoms with Crippen molar-refractivity contribution in [2.75, 3.05) is 4.90 Å². The third kappa shape index (κ3) is 3.64. The zero-order chi connectivity index (χ0) is 22.2. The summed E-state index contributed by atoms with van der Waals surface area (Å²) in [5, 5.41) is 12.1. The van der Waals surface area contributed by atoms with Crippen molar-refractivity contribution >= 4 is 76.7 Å². The van der Waals surface area contributed by atoms with Crippen molar-refractivity contribution in [2.45, 2.75) is 0 Å². The molecule has 3 heterocycles. The molecule has 0 unspecified atom stereocenters. The predicted octanol–water partition coefficient (Wildman–Crippen LogP) is 4.79. The SMILES string of the molecule is N#C/C(=C\c1ccc(N2c3ccccc3[Se]c3ccccc32)[se]1)c1nccc2ccccc12. The summed E-state index contributed by atoms with van der Waals surface area (Å²) in [5.41, 5.74) is 3.91. The Kier molecular flexibility index (Phi) is 5.23. The fraction of sp³-hybridized carbons (Fsp3) is 0. The van der Waals surface area contributed by atoms with Crippen molar-refractivity contribution in [3.8, 4) is 6.07 Å². The van der Waals surface area contributed by atoms with Gasteiger partial charge in [0.1, 0.15) is 0 Å². The van der Waals surface area contributed by atoms with Gasteiger partial charge in [0, 0.05) is 0 Å². The molecule has 3 aromatic carbocycles. The maximum atomic E-state index is 9.97. The van der Waals surface area contributed by atoms with Gasteiger partial charge in [-0.2, -0.15) is 0 Å². The van der Waals surface area contributed by atoms with E-state index in [2.05, 4.69) is 82.7 Å². The molecular formula is C28H17N3Se2. The summed E-state index contributed by atoms with van der Waals surface area (Å²) < 4.78 is 5.27. The van der Waals surface area contributed by atoms with Gasteiger partial charge < -0.3 is 0 Å². The second-order valence-corrected chi connectivity index (χ2v) is 12.2. The van der Waals surface area contributed by atoms with Crippen LogP contribution in [0.25, 0.3) is 22.4 Å². The van der Waals surface area contributed by atoms with E-state index in [4.69, 9.17) is 0 Å². The van der Waals surface area contributed by atoms with Crippen LogP contribution in [-0.4, -0.2) is 34.4 Å². The number of nitriles is 1. The fourth-order valence-corrected chi connectivity index (χ4v) is 8.38. The second-order valence-electron chi connectivity index (χ2n) is 7.60. The summed E-state index contributed by atoms with van der Waals surface area (Å²) in [6.45, 7) is 0. The molecule has 156 valence electrons. The van der Waals surface area contributed by atoms with E-state index >= 15 is 0 Å². The van der Waals surface area contributed by atoms with Crippen molar-refractivity contribution in [3.63, 3.8) is 0 Å². The quantitative estimate of drug-likeness (QED) is 0.234. The number of para-hydroxylation sites is 2. The van der Waals surface area contributed by atoms with Crippen LogP contribution in [0.4, 0.5) is 15.9 Å². The summed E-state index contributed by atoms with van der Waals surface area (Å²) in [7, 11) is 0. The van der Waals surface area contributed by atoms with E-state index in [0.29, 0.717) is 20.5 Å². The number of allylic oxidation sites excluding steroid dienone is 1. The van der Waals surface area contributed by atoms with Crippen molar-refractivity contribution in [2.24, 2.45) is 0 Å². The molecule has 0 amide bonds. The van der Waals surface area contributed by atoms with Gasteiger partial charge in [-0.15, -0.1) is 0 Å². The predicted molar refractivity (Wildman–Crippen MR) is 138 cm³/mol. The number of hydrogen-bond donors (Lipinski definition) is 0. The molecule has 0 aliphatic carbocycles. The molecule has 3 nitrogen and oxygen atoms in total. The van der Waals surface area contributed by atoms with Crippen LogP contribution in [0, 0.1) is 11.3 Å². The van der Waals surface area contributed by atoms with E-state index in [9.17, 15) is 5.26 Å². The van der Waals surface area contributed by atoms with Crippen molar-refractivity contribution in [1.29, 1.82) is 5.26 Å². The van der Waals surface area contributed by atoms with Crippen molar-refractivity contribution < 1.29 is 0 Å². The molecule has 0 saturated carbocycles.